The molecule has 4 heterocycles. The molecule has 0 saturated heterocycles. The maximum atomic E-state index is 2.53. The maximum Gasteiger partial charge on any atom is 0.181 e. The summed E-state index contributed by atoms with van der Waals surface area (Å²) in [6.07, 6.45) is 1.96. The summed E-state index contributed by atoms with van der Waals surface area (Å²) in [4.78, 5) is 0. The third kappa shape index (κ3) is 6.63. The number of hydrogen-bond donors (Lipinski definition) is 0. The summed E-state index contributed by atoms with van der Waals surface area (Å²) >= 11 is 0. The molecule has 5 rings (SSSR count). The van der Waals surface area contributed by atoms with Gasteiger partial charge < -0.3 is 0 Å². The quantitative estimate of drug-likeness (QED) is 0.146. The van der Waals surface area contributed by atoms with Crippen molar-refractivity contribution in [1.29, 1.82) is 0 Å². The Balaban J connectivity index is 1.41. The van der Waals surface area contributed by atoms with Crippen molar-refractivity contribution in [2.24, 2.45) is 14.1 Å². The minimum absolute atomic E-state index is 0.880. The molecule has 0 aliphatic carbocycles. The first-order valence-corrected chi connectivity index (χ1v) is 19.3. The van der Waals surface area contributed by atoms with Gasteiger partial charge in [0.1, 0.15) is 14.1 Å². The predicted molar refractivity (Wildman–Crippen MR) is 215 cm³/mol. The highest BCUT2D eigenvalue weighted by Crippen LogP contribution is 2.28. The molecule has 4 aromatic heterocycles. The Labute approximate surface area is 315 Å². The second-order valence-electron chi connectivity index (χ2n) is 16.1. The second kappa shape index (κ2) is 14.7. The van der Waals surface area contributed by atoms with E-state index in [1.807, 2.05) is 0 Å². The van der Waals surface area contributed by atoms with Crippen LogP contribution in [0.2, 0.25) is 0 Å². The van der Waals surface area contributed by atoms with Crippen molar-refractivity contribution in [2.75, 3.05) is 0 Å². The third-order valence-corrected chi connectivity index (χ3v) is 14.0. The number of aromatic nitrogens is 4. The molecule has 1 aromatic carbocycles. The van der Waals surface area contributed by atoms with Crippen LogP contribution in [0.15, 0.2) is 24.3 Å². The number of hydrogen-bond acceptors (Lipinski definition) is 0. The summed E-state index contributed by atoms with van der Waals surface area (Å²) in [6, 6.07) is 9.36. The van der Waals surface area contributed by atoms with Crippen LogP contribution in [0.5, 0.6) is 0 Å². The molecule has 0 aliphatic rings. The first kappa shape index (κ1) is 39.0. The number of benzene rings is 1. The minimum atomic E-state index is 0.880. The van der Waals surface area contributed by atoms with Crippen LogP contribution in [-0.2, 0) is 40.0 Å². The molecule has 0 amide bonds. The molecule has 0 unspecified atom stereocenters. The SMILES string of the molecule is Cc1c(Cc2c(C)c(C)[n+](Cc3ccc(C[n+]4c(C)c(C)c(Cc5c(C)c(C)[n+](C)c(C)c5C)c(C)c4C)cc3)c(C)c2C)c(C)c(C)[n+](C)c1C. The van der Waals surface area contributed by atoms with Gasteiger partial charge in [0, 0.05) is 111 Å². The van der Waals surface area contributed by atoms with E-state index in [1.165, 1.54) is 123 Å². The first-order chi connectivity index (χ1) is 24.3. The average Bonchev–Trinajstić information content (AvgIpc) is 3.13. The molecule has 0 saturated carbocycles. The standard InChI is InChI=1S/C48H66N4/c1-27-35(9)49(17)36(10)28(2)45(27)23-47-31(5)39(13)51(40(14)32(47)6)25-43-19-21-44(22-20-43)26-52-41(15)33(7)48(34(8)42(52)16)24-46-29(3)37(11)50(18)38(12)30(46)4/h19-22H,23-26H2,1-18H3/q+4. The lowest BCUT2D eigenvalue weighted by Crippen LogP contribution is -2.43. The van der Waals surface area contributed by atoms with Crippen molar-refractivity contribution in [2.45, 2.75) is 137 Å². The predicted octanol–water partition coefficient (Wildman–Crippen LogP) is 8.12. The summed E-state index contributed by atoms with van der Waals surface area (Å²) in [5.41, 5.74) is 30.8. The van der Waals surface area contributed by atoms with E-state index >= 15 is 0 Å². The Hall–Kier alpha value is -4.18. The van der Waals surface area contributed by atoms with E-state index in [0.717, 1.165) is 25.9 Å². The third-order valence-electron chi connectivity index (χ3n) is 14.0. The van der Waals surface area contributed by atoms with Gasteiger partial charge in [-0.05, 0) is 90.5 Å². The van der Waals surface area contributed by atoms with Gasteiger partial charge in [0.05, 0.1) is 0 Å². The van der Waals surface area contributed by atoms with Gasteiger partial charge in [-0.2, -0.15) is 9.13 Å². The van der Waals surface area contributed by atoms with Crippen LogP contribution < -0.4 is 18.3 Å². The molecule has 0 fully saturated rings. The van der Waals surface area contributed by atoms with Crippen LogP contribution in [0, 0.1) is 111 Å². The lowest BCUT2D eigenvalue weighted by molar-refractivity contribution is -0.701. The van der Waals surface area contributed by atoms with Gasteiger partial charge in [-0.1, -0.05) is 24.3 Å². The van der Waals surface area contributed by atoms with E-state index in [-0.39, 0.29) is 0 Å². The summed E-state index contributed by atoms with van der Waals surface area (Å²) in [5.74, 6) is 0. The Kier molecular flexibility index (Phi) is 11.0. The van der Waals surface area contributed by atoms with Crippen LogP contribution in [-0.4, -0.2) is 0 Å². The molecule has 52 heavy (non-hydrogen) atoms. The highest BCUT2D eigenvalue weighted by Gasteiger charge is 2.27. The molecule has 0 radical (unpaired) electrons. The van der Waals surface area contributed by atoms with Gasteiger partial charge in [0.15, 0.2) is 58.6 Å². The van der Waals surface area contributed by atoms with Crippen molar-refractivity contribution >= 4 is 0 Å². The Bertz CT molecular complexity index is 1970. The van der Waals surface area contributed by atoms with Gasteiger partial charge in [-0.15, -0.1) is 0 Å². The van der Waals surface area contributed by atoms with Gasteiger partial charge in [-0.25, -0.2) is 9.13 Å². The van der Waals surface area contributed by atoms with Crippen molar-refractivity contribution in [3.8, 4) is 0 Å². The van der Waals surface area contributed by atoms with E-state index < -0.39 is 0 Å². The largest absolute Gasteiger partial charge is 0.202 e. The van der Waals surface area contributed by atoms with Gasteiger partial charge >= 0.3 is 0 Å². The van der Waals surface area contributed by atoms with E-state index in [2.05, 4.69) is 167 Å². The smallest absolute Gasteiger partial charge is 0.181 e. The number of nitrogens with zero attached hydrogens (tertiary/aromatic N) is 4. The fraction of sp³-hybridized carbons (Fsp3) is 0.458. The molecule has 0 atom stereocenters. The monoisotopic (exact) mass is 699 g/mol. The van der Waals surface area contributed by atoms with E-state index in [1.54, 1.807) is 0 Å². The molecule has 274 valence electrons. The maximum absolute atomic E-state index is 2.53. The summed E-state index contributed by atoms with van der Waals surface area (Å²) in [7, 11) is 4.37. The molecule has 0 spiro atoms. The summed E-state index contributed by atoms with van der Waals surface area (Å²) in [6.45, 7) is 38.5. The van der Waals surface area contributed by atoms with Crippen LogP contribution in [0.3, 0.4) is 0 Å². The van der Waals surface area contributed by atoms with E-state index in [0.29, 0.717) is 0 Å². The van der Waals surface area contributed by atoms with Crippen LogP contribution in [0.1, 0.15) is 123 Å². The molecular formula is C48H66N4+4. The molecular weight excluding hydrogens is 633 g/mol. The Morgan fingerprint density at radius 2 is 0.500 bits per heavy atom. The molecule has 5 aromatic rings. The molecule has 0 N–H and O–H groups in total. The number of rotatable bonds is 8. The summed E-state index contributed by atoms with van der Waals surface area (Å²) < 4.78 is 9.72. The van der Waals surface area contributed by atoms with E-state index in [4.69, 9.17) is 0 Å². The zero-order valence-corrected chi connectivity index (χ0v) is 35.9. The van der Waals surface area contributed by atoms with Gasteiger partial charge in [0.25, 0.3) is 0 Å². The summed E-state index contributed by atoms with van der Waals surface area (Å²) in [5, 5.41) is 0. The molecule has 4 nitrogen and oxygen atoms in total. The first-order valence-electron chi connectivity index (χ1n) is 19.3. The molecule has 0 bridgehead atoms. The molecule has 0 aliphatic heterocycles. The van der Waals surface area contributed by atoms with Crippen LogP contribution in [0.25, 0.3) is 0 Å². The highest BCUT2D eigenvalue weighted by molar-refractivity contribution is 5.46. The highest BCUT2D eigenvalue weighted by atomic mass is 15.0. The van der Waals surface area contributed by atoms with Crippen molar-refractivity contribution in [1.82, 2.24) is 0 Å². The number of pyridine rings is 4. The van der Waals surface area contributed by atoms with Crippen LogP contribution >= 0.6 is 0 Å². The van der Waals surface area contributed by atoms with Crippen molar-refractivity contribution < 1.29 is 18.3 Å². The fourth-order valence-corrected chi connectivity index (χ4v) is 8.70. The minimum Gasteiger partial charge on any atom is -0.202 e. The van der Waals surface area contributed by atoms with E-state index in [9.17, 15) is 0 Å². The fourth-order valence-electron chi connectivity index (χ4n) is 8.70. The molecule has 4 heteroatoms. The Morgan fingerprint density at radius 1 is 0.308 bits per heavy atom. The van der Waals surface area contributed by atoms with Crippen LogP contribution in [0.4, 0.5) is 0 Å². The van der Waals surface area contributed by atoms with Gasteiger partial charge in [-0.3, -0.25) is 0 Å². The van der Waals surface area contributed by atoms with Crippen molar-refractivity contribution in [3.63, 3.8) is 0 Å². The van der Waals surface area contributed by atoms with Gasteiger partial charge in [0.2, 0.25) is 0 Å². The topological polar surface area (TPSA) is 15.5 Å². The zero-order valence-electron chi connectivity index (χ0n) is 35.9. The zero-order chi connectivity index (χ0) is 38.7. The second-order valence-corrected chi connectivity index (χ2v) is 16.1. The lowest BCUT2D eigenvalue weighted by Gasteiger charge is -2.19. The lowest BCUT2D eigenvalue weighted by atomic mass is 9.89. The van der Waals surface area contributed by atoms with Crippen molar-refractivity contribution in [3.05, 3.63) is 148 Å². The average molecular weight is 699 g/mol. The normalized spacial score (nSPS) is 11.6. The Morgan fingerprint density at radius 3 is 0.712 bits per heavy atom.